The highest BCUT2D eigenvalue weighted by Gasteiger charge is 2.56. The first-order valence-electron chi connectivity index (χ1n) is 11.0. The highest BCUT2D eigenvalue weighted by Crippen LogP contribution is 2.38. The predicted molar refractivity (Wildman–Crippen MR) is 117 cm³/mol. The van der Waals surface area contributed by atoms with E-state index in [1.807, 2.05) is 6.07 Å². The Morgan fingerprint density at radius 2 is 1.86 bits per heavy atom. The lowest BCUT2D eigenvalue weighted by Crippen LogP contribution is -2.42. The molecule has 0 fully saturated rings. The Morgan fingerprint density at radius 1 is 1.06 bits per heavy atom. The summed E-state index contributed by atoms with van der Waals surface area (Å²) in [5, 5.41) is 27.5. The van der Waals surface area contributed by atoms with Crippen LogP contribution in [0.5, 0.6) is 0 Å². The van der Waals surface area contributed by atoms with Crippen molar-refractivity contribution in [3.8, 4) is 22.8 Å². The molecule has 0 bridgehead atoms. The van der Waals surface area contributed by atoms with Crippen LogP contribution in [0, 0.1) is 12.7 Å². The number of fused-ring (bicyclic) bond motifs is 1. The Hall–Kier alpha value is -3.77. The van der Waals surface area contributed by atoms with E-state index < -0.39 is 17.7 Å². The summed E-state index contributed by atoms with van der Waals surface area (Å²) in [6.45, 7) is 1.80. The Balaban J connectivity index is 1.48. The van der Waals surface area contributed by atoms with Gasteiger partial charge < -0.3 is 14.6 Å². The molecule has 4 aromatic rings. The quantitative estimate of drug-likeness (QED) is 0.316. The van der Waals surface area contributed by atoms with Crippen LogP contribution in [-0.2, 0) is 12.2 Å². The number of benzene rings is 1. The molecule has 5 rings (SSSR count). The molecule has 0 saturated carbocycles. The number of oxazole rings is 1. The molecule has 1 atom stereocenters. The smallest absolute Gasteiger partial charge is 0.443 e. The van der Waals surface area contributed by atoms with Gasteiger partial charge in [-0.3, -0.25) is 4.98 Å². The number of nitrogens with zero attached hydrogens (tertiary/aromatic N) is 5. The van der Waals surface area contributed by atoms with Gasteiger partial charge in [0.15, 0.2) is 0 Å². The lowest BCUT2D eigenvalue weighted by atomic mass is 9.84. The van der Waals surface area contributed by atoms with Crippen LogP contribution in [0.3, 0.4) is 0 Å². The van der Waals surface area contributed by atoms with Gasteiger partial charge in [0.2, 0.25) is 5.89 Å². The predicted octanol–water partition coefficient (Wildman–Crippen LogP) is 4.20. The van der Waals surface area contributed by atoms with Crippen molar-refractivity contribution in [1.29, 1.82) is 0 Å². The number of halogens is 4. The van der Waals surface area contributed by atoms with E-state index in [1.165, 1.54) is 18.5 Å². The van der Waals surface area contributed by atoms with Crippen molar-refractivity contribution < 1.29 is 32.2 Å². The Morgan fingerprint density at radius 3 is 2.61 bits per heavy atom. The summed E-state index contributed by atoms with van der Waals surface area (Å²) in [4.78, 5) is 12.1. The number of rotatable bonds is 4. The highest BCUT2D eigenvalue weighted by molar-refractivity contribution is 5.64. The molecule has 0 amide bonds. The Labute approximate surface area is 201 Å². The molecule has 0 spiro atoms. The molecule has 1 aliphatic rings. The third-order valence-electron chi connectivity index (χ3n) is 6.14. The maximum Gasteiger partial charge on any atom is 0.449 e. The first-order valence-corrected chi connectivity index (χ1v) is 11.0. The monoisotopic (exact) mass is 501 g/mol. The number of aryl methyl sites for hydroxylation is 2. The van der Waals surface area contributed by atoms with Crippen LogP contribution in [0.1, 0.15) is 47.0 Å². The minimum absolute atomic E-state index is 0.00964. The Kier molecular flexibility index (Phi) is 5.80. The zero-order valence-corrected chi connectivity index (χ0v) is 18.8. The summed E-state index contributed by atoms with van der Waals surface area (Å²) in [6.07, 6.45) is 0.0371. The highest BCUT2D eigenvalue weighted by atomic mass is 19.4. The SMILES string of the molecule is Cc1cccc(F)c1-c1cc2c(nn1)C(c1cncc(-c3nc(C(O)(O)C(F)(F)F)co3)n1)CCC2. The van der Waals surface area contributed by atoms with Crippen molar-refractivity contribution in [3.63, 3.8) is 0 Å². The van der Waals surface area contributed by atoms with Crippen molar-refractivity contribution >= 4 is 0 Å². The van der Waals surface area contributed by atoms with Gasteiger partial charge in [0.1, 0.15) is 23.5 Å². The molecule has 36 heavy (non-hydrogen) atoms. The molecule has 3 heterocycles. The van der Waals surface area contributed by atoms with Crippen LogP contribution in [0.15, 0.2) is 47.3 Å². The van der Waals surface area contributed by atoms with Crippen LogP contribution < -0.4 is 0 Å². The van der Waals surface area contributed by atoms with Crippen molar-refractivity contribution in [2.75, 3.05) is 0 Å². The fourth-order valence-electron chi connectivity index (χ4n) is 4.28. The van der Waals surface area contributed by atoms with Gasteiger partial charge in [-0.15, -0.1) is 0 Å². The van der Waals surface area contributed by atoms with E-state index in [1.54, 1.807) is 19.1 Å². The van der Waals surface area contributed by atoms with E-state index in [0.717, 1.165) is 17.5 Å². The number of aliphatic hydroxyl groups is 2. The summed E-state index contributed by atoms with van der Waals surface area (Å²) >= 11 is 0. The average molecular weight is 501 g/mol. The third-order valence-corrected chi connectivity index (χ3v) is 6.14. The number of hydrogen-bond acceptors (Lipinski definition) is 8. The number of alkyl halides is 3. The van der Waals surface area contributed by atoms with E-state index in [0.29, 0.717) is 41.8 Å². The molecular weight excluding hydrogens is 482 g/mol. The largest absolute Gasteiger partial charge is 0.449 e. The summed E-state index contributed by atoms with van der Waals surface area (Å²) in [5.41, 5.74) is 2.45. The van der Waals surface area contributed by atoms with Crippen LogP contribution in [0.25, 0.3) is 22.8 Å². The van der Waals surface area contributed by atoms with Gasteiger partial charge in [0, 0.05) is 17.7 Å². The van der Waals surface area contributed by atoms with Gasteiger partial charge >= 0.3 is 12.0 Å². The maximum absolute atomic E-state index is 14.5. The van der Waals surface area contributed by atoms with Crippen molar-refractivity contribution in [2.24, 2.45) is 0 Å². The van der Waals surface area contributed by atoms with Crippen molar-refractivity contribution in [2.45, 2.75) is 44.1 Å². The van der Waals surface area contributed by atoms with E-state index in [-0.39, 0.29) is 23.3 Å². The molecular formula is C24H19F4N5O3. The molecule has 1 aromatic carbocycles. The van der Waals surface area contributed by atoms with Crippen molar-refractivity contribution in [3.05, 3.63) is 76.9 Å². The maximum atomic E-state index is 14.5. The lowest BCUT2D eigenvalue weighted by Gasteiger charge is -2.24. The zero-order chi connectivity index (χ0) is 25.7. The minimum atomic E-state index is -5.38. The molecule has 1 aliphatic carbocycles. The summed E-state index contributed by atoms with van der Waals surface area (Å²) in [6, 6.07) is 6.61. The second kappa shape index (κ2) is 8.71. The van der Waals surface area contributed by atoms with Gasteiger partial charge in [0.05, 0.1) is 23.3 Å². The molecule has 0 aliphatic heterocycles. The Bertz CT molecular complexity index is 1420. The molecule has 186 valence electrons. The summed E-state index contributed by atoms with van der Waals surface area (Å²) < 4.78 is 58.2. The van der Waals surface area contributed by atoms with Gasteiger partial charge in [-0.2, -0.15) is 23.4 Å². The van der Waals surface area contributed by atoms with Crippen LogP contribution in [0.4, 0.5) is 17.6 Å². The second-order valence-electron chi connectivity index (χ2n) is 8.55. The molecule has 1 unspecified atom stereocenters. The van der Waals surface area contributed by atoms with E-state index in [9.17, 15) is 27.8 Å². The molecule has 0 saturated heterocycles. The molecule has 12 heteroatoms. The van der Waals surface area contributed by atoms with Crippen LogP contribution >= 0.6 is 0 Å². The first-order chi connectivity index (χ1) is 17.1. The fourth-order valence-corrected chi connectivity index (χ4v) is 4.28. The van der Waals surface area contributed by atoms with Gasteiger partial charge in [-0.1, -0.05) is 12.1 Å². The third kappa shape index (κ3) is 4.11. The molecule has 2 N–H and O–H groups in total. The number of aromatic nitrogens is 5. The zero-order valence-electron chi connectivity index (χ0n) is 18.8. The van der Waals surface area contributed by atoms with Crippen molar-refractivity contribution in [1.82, 2.24) is 25.1 Å². The van der Waals surface area contributed by atoms with E-state index in [4.69, 9.17) is 4.42 Å². The van der Waals surface area contributed by atoms with Crippen LogP contribution in [0.2, 0.25) is 0 Å². The van der Waals surface area contributed by atoms with Gasteiger partial charge in [-0.05, 0) is 49.4 Å². The standard InChI is InChI=1S/C24H19F4N5O3/c1-12-4-2-7-15(25)20(12)16-8-13-5-3-6-14(21(13)33-32-16)17-9-29-10-18(30-17)22-31-19(11-36-22)23(34,35)24(26,27)28/h2,4,7-11,14,34-35H,3,5-6H2,1H3. The molecule has 3 aromatic heterocycles. The average Bonchev–Trinajstić information content (AvgIpc) is 3.34. The van der Waals surface area contributed by atoms with E-state index in [2.05, 4.69) is 25.1 Å². The topological polar surface area (TPSA) is 118 Å². The molecule has 8 nitrogen and oxygen atoms in total. The first kappa shape index (κ1) is 23.9. The lowest BCUT2D eigenvalue weighted by molar-refractivity contribution is -0.359. The van der Waals surface area contributed by atoms with E-state index >= 15 is 0 Å². The second-order valence-corrected chi connectivity index (χ2v) is 8.55. The fraction of sp³-hybridized carbons (Fsp3) is 0.292. The van der Waals surface area contributed by atoms with Gasteiger partial charge in [-0.25, -0.2) is 14.4 Å². The normalized spacial score (nSPS) is 16.1. The van der Waals surface area contributed by atoms with Crippen LogP contribution in [-0.4, -0.2) is 41.5 Å². The summed E-state index contributed by atoms with van der Waals surface area (Å²) in [7, 11) is 0. The minimum Gasteiger partial charge on any atom is -0.443 e. The molecule has 0 radical (unpaired) electrons. The van der Waals surface area contributed by atoms with Gasteiger partial charge in [0.25, 0.3) is 0 Å². The summed E-state index contributed by atoms with van der Waals surface area (Å²) in [5.74, 6) is -5.24. The number of hydrogen-bond donors (Lipinski definition) is 2.